The number of hydrogen-bond acceptors (Lipinski definition) is 5. The fraction of sp³-hybridized carbons (Fsp3) is 0.382. The largest absolute Gasteiger partial charge is 0.573 e. The van der Waals surface area contributed by atoms with Gasteiger partial charge in [0.25, 0.3) is 0 Å². The van der Waals surface area contributed by atoms with E-state index in [4.69, 9.17) is 5.26 Å². The van der Waals surface area contributed by atoms with Gasteiger partial charge >= 0.3 is 6.36 Å². The molecule has 2 saturated heterocycles. The molecule has 5 rings (SSSR count). The third-order valence-corrected chi connectivity index (χ3v) is 8.69. The number of rotatable bonds is 7. The Balaban J connectivity index is 1.36. The Morgan fingerprint density at radius 3 is 2.33 bits per heavy atom. The molecule has 2 fully saturated rings. The van der Waals surface area contributed by atoms with E-state index in [0.717, 1.165) is 11.6 Å². The average molecular weight is 623 g/mol. The van der Waals surface area contributed by atoms with Crippen LogP contribution in [0.5, 0.6) is 5.75 Å². The number of benzene rings is 3. The van der Waals surface area contributed by atoms with Crippen molar-refractivity contribution in [2.24, 2.45) is 5.92 Å². The van der Waals surface area contributed by atoms with E-state index in [-0.39, 0.29) is 52.9 Å². The van der Waals surface area contributed by atoms with Crippen LogP contribution >= 0.6 is 0 Å². The van der Waals surface area contributed by atoms with Crippen LogP contribution in [0.1, 0.15) is 48.8 Å². The van der Waals surface area contributed by atoms with Crippen LogP contribution in [0, 0.1) is 23.1 Å². The minimum absolute atomic E-state index is 0.00258. The Morgan fingerprint density at radius 2 is 1.69 bits per heavy atom. The van der Waals surface area contributed by atoms with E-state index in [9.17, 15) is 27.2 Å². The van der Waals surface area contributed by atoms with E-state index in [1.165, 1.54) is 37.3 Å². The normalized spacial score (nSPS) is 19.2. The molecule has 0 aliphatic carbocycles. The predicted octanol–water partition coefficient (Wildman–Crippen LogP) is 6.00. The smallest absolute Gasteiger partial charge is 0.405 e. The van der Waals surface area contributed by atoms with Crippen LogP contribution in [0.4, 0.5) is 17.6 Å². The third kappa shape index (κ3) is 7.81. The maximum absolute atomic E-state index is 14.8. The monoisotopic (exact) mass is 622 g/mol. The molecule has 2 aliphatic rings. The molecule has 2 aliphatic heterocycles. The maximum Gasteiger partial charge on any atom is 0.573 e. The summed E-state index contributed by atoms with van der Waals surface area (Å²) in [5, 5.41) is 12.5. The Labute approximate surface area is 259 Å². The van der Waals surface area contributed by atoms with Gasteiger partial charge in [-0.3, -0.25) is 9.59 Å². The van der Waals surface area contributed by atoms with Gasteiger partial charge in [0.15, 0.2) is 0 Å². The summed E-state index contributed by atoms with van der Waals surface area (Å²) in [6.07, 6.45) is -3.12. The van der Waals surface area contributed by atoms with Gasteiger partial charge in [-0.2, -0.15) is 5.26 Å². The van der Waals surface area contributed by atoms with Crippen molar-refractivity contribution in [2.45, 2.75) is 51.1 Å². The van der Waals surface area contributed by atoms with Crippen LogP contribution in [0.2, 0.25) is 0 Å². The van der Waals surface area contributed by atoms with Crippen LogP contribution in [-0.4, -0.2) is 60.2 Å². The molecule has 3 aromatic rings. The summed E-state index contributed by atoms with van der Waals surface area (Å²) in [6.45, 7) is 3.57. The Kier molecular flexibility index (Phi) is 9.73. The molecule has 0 unspecified atom stereocenters. The van der Waals surface area contributed by atoms with Gasteiger partial charge in [0.2, 0.25) is 11.8 Å². The van der Waals surface area contributed by atoms with Crippen molar-refractivity contribution in [1.82, 2.24) is 15.1 Å². The number of nitrogens with one attached hydrogen (secondary N) is 1. The number of alkyl halides is 3. The van der Waals surface area contributed by atoms with Crippen molar-refractivity contribution in [1.29, 1.82) is 5.26 Å². The summed E-state index contributed by atoms with van der Waals surface area (Å²) in [7, 11) is 0. The quantitative estimate of drug-likeness (QED) is 0.327. The molecule has 0 bridgehead atoms. The van der Waals surface area contributed by atoms with E-state index in [1.54, 1.807) is 4.90 Å². The minimum Gasteiger partial charge on any atom is -0.405 e. The number of nitrogens with zero attached hydrogens (tertiary/aromatic N) is 3. The zero-order valence-electron chi connectivity index (χ0n) is 24.8. The van der Waals surface area contributed by atoms with Crippen molar-refractivity contribution in [3.63, 3.8) is 0 Å². The summed E-state index contributed by atoms with van der Waals surface area (Å²) in [5.41, 5.74) is 1.82. The molecule has 0 radical (unpaired) electrons. The number of carbonyl (C=O) groups excluding carboxylic acids is 2. The molecule has 0 spiro atoms. The molecule has 7 nitrogen and oxygen atoms in total. The number of nitriles is 1. The lowest BCUT2D eigenvalue weighted by Crippen LogP contribution is -2.52. The number of hydrogen-bond donors (Lipinski definition) is 1. The van der Waals surface area contributed by atoms with E-state index in [0.29, 0.717) is 51.0 Å². The summed E-state index contributed by atoms with van der Waals surface area (Å²) in [5.74, 6) is -1.27. The zero-order chi connectivity index (χ0) is 32.1. The second-order valence-corrected chi connectivity index (χ2v) is 11.5. The van der Waals surface area contributed by atoms with E-state index in [1.807, 2.05) is 41.3 Å². The average Bonchev–Trinajstić information content (AvgIpc) is 3.03. The fourth-order valence-corrected chi connectivity index (χ4v) is 6.30. The van der Waals surface area contributed by atoms with Gasteiger partial charge in [0.1, 0.15) is 11.6 Å². The van der Waals surface area contributed by atoms with Gasteiger partial charge < -0.3 is 19.9 Å². The lowest BCUT2D eigenvalue weighted by molar-refractivity contribution is -0.274. The van der Waals surface area contributed by atoms with Gasteiger partial charge in [0, 0.05) is 68.7 Å². The second kappa shape index (κ2) is 13.7. The van der Waals surface area contributed by atoms with Gasteiger partial charge in [-0.05, 0) is 54.7 Å². The van der Waals surface area contributed by atoms with E-state index in [2.05, 4.69) is 10.1 Å². The zero-order valence-corrected chi connectivity index (χ0v) is 24.8. The molecule has 2 atom stereocenters. The van der Waals surface area contributed by atoms with Gasteiger partial charge in [0.05, 0.1) is 11.6 Å². The van der Waals surface area contributed by atoms with E-state index < -0.39 is 17.9 Å². The molecule has 236 valence electrons. The maximum atomic E-state index is 14.8. The molecule has 45 heavy (non-hydrogen) atoms. The molecule has 11 heteroatoms. The van der Waals surface area contributed by atoms with Crippen molar-refractivity contribution >= 4 is 11.8 Å². The fourth-order valence-electron chi connectivity index (χ4n) is 6.30. The van der Waals surface area contributed by atoms with Gasteiger partial charge in [-0.15, -0.1) is 13.2 Å². The third-order valence-electron chi connectivity index (χ3n) is 8.69. The number of ether oxygens (including phenoxy) is 1. The first kappa shape index (κ1) is 32.0. The molecule has 3 aromatic carbocycles. The van der Waals surface area contributed by atoms with Crippen LogP contribution in [0.25, 0.3) is 11.1 Å². The van der Waals surface area contributed by atoms with Crippen LogP contribution in [0.3, 0.4) is 0 Å². The lowest BCUT2D eigenvalue weighted by atomic mass is 9.84. The number of piperidine rings is 2. The van der Waals surface area contributed by atoms with Crippen LogP contribution in [-0.2, 0) is 16.1 Å². The predicted molar refractivity (Wildman–Crippen MR) is 159 cm³/mol. The summed E-state index contributed by atoms with van der Waals surface area (Å²) in [6, 6.07) is 19.3. The Hall–Kier alpha value is -4.43. The summed E-state index contributed by atoms with van der Waals surface area (Å²) >= 11 is 0. The van der Waals surface area contributed by atoms with Gasteiger partial charge in [-0.1, -0.05) is 42.5 Å². The molecule has 2 amide bonds. The molecular formula is C34H34F4N4O3. The number of likely N-dealkylation sites (tertiary alicyclic amines) is 2. The first-order chi connectivity index (χ1) is 21.5. The minimum atomic E-state index is -4.92. The van der Waals surface area contributed by atoms with Gasteiger partial charge in [-0.25, -0.2) is 4.39 Å². The molecule has 2 heterocycles. The SMILES string of the molecule is CC(=O)N1CCC(C(=O)N2CC[C@H](NCc3cc(-c4ccc(C#N)cc4F)ccc3OC(F)(F)F)[C@H](c3ccccc3)C2)CC1. The van der Waals surface area contributed by atoms with E-state index >= 15 is 0 Å². The number of amides is 2. The highest BCUT2D eigenvalue weighted by molar-refractivity contribution is 5.80. The molecule has 1 N–H and O–H groups in total. The number of carbonyl (C=O) groups is 2. The summed E-state index contributed by atoms with van der Waals surface area (Å²) < 4.78 is 59.1. The van der Waals surface area contributed by atoms with Crippen molar-refractivity contribution < 1.29 is 31.9 Å². The standard InChI is InChI=1S/C34H34F4N4O3/c1-22(43)41-14-11-25(12-15-41)33(44)42-16-13-31(29(21-42)24-5-3-2-4-6-24)40-20-27-18-26(8-10-32(27)45-34(36,37)38)28-9-7-23(19-39)17-30(28)35/h2-10,17-18,25,29,31,40H,11-16,20-21H2,1H3/t29-,31-/m0/s1. The molecular weight excluding hydrogens is 588 g/mol. The summed E-state index contributed by atoms with van der Waals surface area (Å²) in [4.78, 5) is 28.9. The lowest BCUT2D eigenvalue weighted by Gasteiger charge is -2.42. The van der Waals surface area contributed by atoms with Crippen LogP contribution < -0.4 is 10.1 Å². The first-order valence-corrected chi connectivity index (χ1v) is 14.9. The Bertz CT molecular complexity index is 1570. The number of halogens is 4. The van der Waals surface area contributed by atoms with Crippen LogP contribution in [0.15, 0.2) is 66.7 Å². The second-order valence-electron chi connectivity index (χ2n) is 11.5. The molecule has 0 saturated carbocycles. The first-order valence-electron chi connectivity index (χ1n) is 14.9. The van der Waals surface area contributed by atoms with Crippen molar-refractivity contribution in [3.8, 4) is 22.9 Å². The highest BCUT2D eigenvalue weighted by Crippen LogP contribution is 2.34. The Morgan fingerprint density at radius 1 is 0.978 bits per heavy atom. The topological polar surface area (TPSA) is 85.7 Å². The van der Waals surface area contributed by atoms with Crippen molar-refractivity contribution in [2.75, 3.05) is 26.2 Å². The molecule has 0 aromatic heterocycles. The highest BCUT2D eigenvalue weighted by atomic mass is 19.4. The highest BCUT2D eigenvalue weighted by Gasteiger charge is 2.37. The van der Waals surface area contributed by atoms with Crippen molar-refractivity contribution in [3.05, 3.63) is 89.2 Å².